The molecule has 0 fully saturated rings. The smallest absolute Gasteiger partial charge is 0.238 e. The summed E-state index contributed by atoms with van der Waals surface area (Å²) >= 11 is 0. The summed E-state index contributed by atoms with van der Waals surface area (Å²) < 4.78 is 30.9. The highest BCUT2D eigenvalue weighted by atomic mass is 32.2. The van der Waals surface area contributed by atoms with Crippen LogP contribution in [0.5, 0.6) is 5.75 Å². The molecule has 0 saturated carbocycles. The molecule has 2 aromatic heterocycles. The number of aromatic nitrogens is 4. The van der Waals surface area contributed by atoms with Crippen molar-refractivity contribution in [2.45, 2.75) is 11.8 Å². The van der Waals surface area contributed by atoms with Crippen LogP contribution in [-0.2, 0) is 17.1 Å². The Morgan fingerprint density at radius 3 is 2.71 bits per heavy atom. The second-order valence-corrected chi connectivity index (χ2v) is 7.94. The van der Waals surface area contributed by atoms with Crippen LogP contribution in [0.25, 0.3) is 33.3 Å². The van der Waals surface area contributed by atoms with E-state index >= 15 is 0 Å². The summed E-state index contributed by atoms with van der Waals surface area (Å²) in [4.78, 5) is 0.0400. The summed E-state index contributed by atoms with van der Waals surface area (Å²) in [7, 11) is -1.94. The summed E-state index contributed by atoms with van der Waals surface area (Å²) in [6, 6.07) is 10.3. The molecule has 0 spiro atoms. The van der Waals surface area contributed by atoms with E-state index in [9.17, 15) is 8.42 Å². The van der Waals surface area contributed by atoms with Gasteiger partial charge in [0.15, 0.2) is 0 Å². The molecule has 4 rings (SSSR count). The van der Waals surface area contributed by atoms with Gasteiger partial charge in [0.1, 0.15) is 11.4 Å². The zero-order valence-corrected chi connectivity index (χ0v) is 16.2. The number of aromatic amines is 1. The van der Waals surface area contributed by atoms with Crippen molar-refractivity contribution in [1.29, 1.82) is 0 Å². The molecule has 9 heteroatoms. The van der Waals surface area contributed by atoms with Crippen molar-refractivity contribution >= 4 is 20.9 Å². The first-order valence-electron chi connectivity index (χ1n) is 8.64. The van der Waals surface area contributed by atoms with Gasteiger partial charge in [0, 0.05) is 35.3 Å². The van der Waals surface area contributed by atoms with Crippen molar-refractivity contribution < 1.29 is 13.2 Å². The van der Waals surface area contributed by atoms with Crippen LogP contribution in [0.15, 0.2) is 53.7 Å². The van der Waals surface area contributed by atoms with Crippen LogP contribution in [0.1, 0.15) is 6.92 Å². The second kappa shape index (κ2) is 6.77. The van der Waals surface area contributed by atoms with E-state index < -0.39 is 10.0 Å². The minimum absolute atomic E-state index is 0.0400. The van der Waals surface area contributed by atoms with E-state index in [-0.39, 0.29) is 4.90 Å². The molecule has 0 atom stereocenters. The number of aryl methyl sites for hydroxylation is 1. The fourth-order valence-corrected chi connectivity index (χ4v) is 3.71. The van der Waals surface area contributed by atoms with Gasteiger partial charge in [-0.1, -0.05) is 12.1 Å². The van der Waals surface area contributed by atoms with E-state index in [1.807, 2.05) is 32.3 Å². The molecule has 0 aliphatic rings. The number of ether oxygens (including phenoxy) is 1. The van der Waals surface area contributed by atoms with Gasteiger partial charge in [-0.25, -0.2) is 13.6 Å². The average Bonchev–Trinajstić information content (AvgIpc) is 3.26. The standard InChI is InChI=1S/C19H19N5O3S/c1-3-27-18-9-16-17(8-15(18)13-10-21-24(2)11-13)22-23-19(16)12-5-4-6-14(7-12)28(20,25)26/h4-11H,3H2,1-2H3,(H,22,23)(H2,20,25,26). The lowest BCUT2D eigenvalue weighted by Crippen LogP contribution is -2.11. The lowest BCUT2D eigenvalue weighted by Gasteiger charge is -2.10. The molecule has 0 aliphatic carbocycles. The van der Waals surface area contributed by atoms with Crippen molar-refractivity contribution in [2.24, 2.45) is 12.2 Å². The number of primary sulfonamides is 1. The van der Waals surface area contributed by atoms with Gasteiger partial charge in [-0.15, -0.1) is 0 Å². The van der Waals surface area contributed by atoms with Crippen LogP contribution in [-0.4, -0.2) is 35.0 Å². The summed E-state index contributed by atoms with van der Waals surface area (Å²) in [5.74, 6) is 0.702. The summed E-state index contributed by atoms with van der Waals surface area (Å²) in [5.41, 5.74) is 3.91. The highest BCUT2D eigenvalue weighted by Gasteiger charge is 2.17. The quantitative estimate of drug-likeness (QED) is 0.537. The molecule has 2 aromatic carbocycles. The number of H-pyrrole nitrogens is 1. The van der Waals surface area contributed by atoms with Gasteiger partial charge in [-0.05, 0) is 31.2 Å². The Balaban J connectivity index is 1.90. The van der Waals surface area contributed by atoms with Crippen molar-refractivity contribution in [3.8, 4) is 28.1 Å². The molecule has 0 amide bonds. The molecule has 2 heterocycles. The molecular formula is C19H19N5O3S. The normalized spacial score (nSPS) is 11.8. The van der Waals surface area contributed by atoms with Gasteiger partial charge >= 0.3 is 0 Å². The Morgan fingerprint density at radius 2 is 2.04 bits per heavy atom. The van der Waals surface area contributed by atoms with Gasteiger partial charge in [-0.3, -0.25) is 9.78 Å². The minimum atomic E-state index is -3.80. The molecule has 0 bridgehead atoms. The third kappa shape index (κ3) is 3.25. The number of nitrogens with two attached hydrogens (primary N) is 1. The SMILES string of the molecule is CCOc1cc2c(-c3cccc(S(N)(=O)=O)c3)n[nH]c2cc1-c1cnn(C)c1. The topological polar surface area (TPSA) is 116 Å². The summed E-state index contributed by atoms with van der Waals surface area (Å²) in [5, 5.41) is 17.7. The minimum Gasteiger partial charge on any atom is -0.493 e. The Kier molecular flexibility index (Phi) is 4.40. The highest BCUT2D eigenvalue weighted by molar-refractivity contribution is 7.89. The highest BCUT2D eigenvalue weighted by Crippen LogP contribution is 2.37. The number of nitrogens with one attached hydrogen (secondary N) is 1. The van der Waals surface area contributed by atoms with Gasteiger partial charge in [0.05, 0.1) is 23.2 Å². The lowest BCUT2D eigenvalue weighted by molar-refractivity contribution is 0.342. The third-order valence-electron chi connectivity index (χ3n) is 4.41. The number of rotatable bonds is 5. The van der Waals surface area contributed by atoms with Crippen LogP contribution in [0.3, 0.4) is 0 Å². The predicted octanol–water partition coefficient (Wildman–Crippen LogP) is 2.68. The first kappa shape index (κ1) is 18.2. The first-order chi connectivity index (χ1) is 13.4. The molecule has 0 saturated heterocycles. The van der Waals surface area contributed by atoms with Crippen molar-refractivity contribution in [2.75, 3.05) is 6.61 Å². The number of hydrogen-bond donors (Lipinski definition) is 2. The maximum Gasteiger partial charge on any atom is 0.238 e. The Bertz CT molecular complexity index is 1270. The van der Waals surface area contributed by atoms with Gasteiger partial charge in [0.2, 0.25) is 10.0 Å². The Labute approximate surface area is 162 Å². The van der Waals surface area contributed by atoms with Crippen LogP contribution in [0, 0.1) is 0 Å². The molecule has 8 nitrogen and oxygen atoms in total. The fraction of sp³-hybridized carbons (Fsp3) is 0.158. The van der Waals surface area contributed by atoms with Gasteiger partial charge in [-0.2, -0.15) is 10.2 Å². The molecule has 4 aromatic rings. The molecule has 28 heavy (non-hydrogen) atoms. The number of hydrogen-bond acceptors (Lipinski definition) is 5. The van der Waals surface area contributed by atoms with E-state index in [4.69, 9.17) is 9.88 Å². The Morgan fingerprint density at radius 1 is 1.21 bits per heavy atom. The lowest BCUT2D eigenvalue weighted by atomic mass is 10.0. The fourth-order valence-electron chi connectivity index (χ4n) is 3.15. The maximum atomic E-state index is 11.7. The van der Waals surface area contributed by atoms with Crippen molar-refractivity contribution in [1.82, 2.24) is 20.0 Å². The summed E-state index contributed by atoms with van der Waals surface area (Å²) in [6.07, 6.45) is 3.69. The van der Waals surface area contributed by atoms with Crippen LogP contribution >= 0.6 is 0 Å². The Hall–Kier alpha value is -3.17. The van der Waals surface area contributed by atoms with E-state index in [2.05, 4.69) is 15.3 Å². The first-order valence-corrected chi connectivity index (χ1v) is 10.2. The molecule has 0 radical (unpaired) electrons. The molecule has 144 valence electrons. The molecular weight excluding hydrogens is 378 g/mol. The van der Waals surface area contributed by atoms with E-state index in [0.717, 1.165) is 22.0 Å². The largest absolute Gasteiger partial charge is 0.493 e. The number of fused-ring (bicyclic) bond motifs is 1. The van der Waals surface area contributed by atoms with Gasteiger partial charge in [0.25, 0.3) is 0 Å². The van der Waals surface area contributed by atoms with E-state index in [1.165, 1.54) is 12.1 Å². The summed E-state index contributed by atoms with van der Waals surface area (Å²) in [6.45, 7) is 2.43. The number of benzene rings is 2. The van der Waals surface area contributed by atoms with Crippen LogP contribution in [0.2, 0.25) is 0 Å². The molecule has 3 N–H and O–H groups in total. The van der Waals surface area contributed by atoms with Crippen LogP contribution in [0.4, 0.5) is 0 Å². The number of sulfonamides is 1. The molecule has 0 unspecified atom stereocenters. The average molecular weight is 397 g/mol. The monoisotopic (exact) mass is 397 g/mol. The third-order valence-corrected chi connectivity index (χ3v) is 5.33. The molecule has 0 aliphatic heterocycles. The predicted molar refractivity (Wildman–Crippen MR) is 106 cm³/mol. The van der Waals surface area contributed by atoms with E-state index in [1.54, 1.807) is 23.0 Å². The van der Waals surface area contributed by atoms with Gasteiger partial charge < -0.3 is 4.74 Å². The maximum absolute atomic E-state index is 11.7. The van der Waals surface area contributed by atoms with E-state index in [0.29, 0.717) is 23.6 Å². The van der Waals surface area contributed by atoms with Crippen LogP contribution < -0.4 is 9.88 Å². The number of nitrogens with zero attached hydrogens (tertiary/aromatic N) is 3. The zero-order chi connectivity index (χ0) is 19.9. The zero-order valence-electron chi connectivity index (χ0n) is 15.4. The van der Waals surface area contributed by atoms with Crippen molar-refractivity contribution in [3.63, 3.8) is 0 Å². The second-order valence-electron chi connectivity index (χ2n) is 6.37. The van der Waals surface area contributed by atoms with Crippen molar-refractivity contribution in [3.05, 3.63) is 48.8 Å².